The van der Waals surface area contributed by atoms with Gasteiger partial charge >= 0.3 is 0 Å². The number of hydrogen-bond donors (Lipinski definition) is 1. The number of nitrogens with zero attached hydrogens (tertiary/aromatic N) is 1. The minimum Gasteiger partial charge on any atom is -0.319 e. The van der Waals surface area contributed by atoms with Crippen molar-refractivity contribution in [2.45, 2.75) is 31.1 Å². The molecular weight excluding hydrogens is 324 g/mol. The van der Waals surface area contributed by atoms with E-state index in [0.717, 1.165) is 17.4 Å². The van der Waals surface area contributed by atoms with E-state index < -0.39 is 0 Å². The van der Waals surface area contributed by atoms with Gasteiger partial charge in [0.15, 0.2) is 0 Å². The molecule has 1 aliphatic rings. The van der Waals surface area contributed by atoms with Gasteiger partial charge in [0.1, 0.15) is 0 Å². The molecule has 0 aliphatic heterocycles. The highest BCUT2D eigenvalue weighted by atomic mass is 79.9. The van der Waals surface area contributed by atoms with Crippen LogP contribution in [0.15, 0.2) is 47.1 Å². The fourth-order valence-corrected chi connectivity index (χ4v) is 3.87. The van der Waals surface area contributed by atoms with Crippen LogP contribution in [0.2, 0.25) is 0 Å². The second-order valence-corrected chi connectivity index (χ2v) is 6.88. The van der Waals surface area contributed by atoms with Gasteiger partial charge in [0.25, 0.3) is 0 Å². The zero-order chi connectivity index (χ0) is 14.7. The number of aromatic nitrogens is 1. The summed E-state index contributed by atoms with van der Waals surface area (Å²) in [6.07, 6.45) is 6.59. The Morgan fingerprint density at radius 1 is 1.24 bits per heavy atom. The predicted octanol–water partition coefficient (Wildman–Crippen LogP) is 3.88. The van der Waals surface area contributed by atoms with Crippen LogP contribution in [0, 0.1) is 0 Å². The molecule has 1 aromatic heterocycles. The van der Waals surface area contributed by atoms with Crippen molar-refractivity contribution in [1.29, 1.82) is 0 Å². The lowest BCUT2D eigenvalue weighted by molar-refractivity contribution is 0.342. The molecule has 2 nitrogen and oxygen atoms in total. The lowest BCUT2D eigenvalue weighted by atomic mass is 9.67. The van der Waals surface area contributed by atoms with Crippen LogP contribution in [0.3, 0.4) is 0 Å². The standard InChI is InChI=1S/C18H21BrN2/c1-20-13-18(11-16-9-8-15(19)12-21-16)10-4-6-14-5-2-3-7-17(14)18/h2-3,5,7-9,12,20H,4,6,10-11,13H2,1H3. The average molecular weight is 345 g/mol. The molecule has 21 heavy (non-hydrogen) atoms. The van der Waals surface area contributed by atoms with E-state index in [1.165, 1.54) is 36.1 Å². The number of likely N-dealkylation sites (N-methyl/N-ethyl adjacent to an activating group) is 1. The third-order valence-electron chi connectivity index (χ3n) is 4.51. The number of nitrogens with one attached hydrogen (secondary N) is 1. The Kier molecular flexibility index (Phi) is 4.41. The van der Waals surface area contributed by atoms with Crippen molar-refractivity contribution in [3.63, 3.8) is 0 Å². The van der Waals surface area contributed by atoms with Crippen LogP contribution in [0.4, 0.5) is 0 Å². The van der Waals surface area contributed by atoms with Gasteiger partial charge in [-0.05, 0) is 65.5 Å². The van der Waals surface area contributed by atoms with Crippen LogP contribution in [0.25, 0.3) is 0 Å². The highest BCUT2D eigenvalue weighted by Gasteiger charge is 2.36. The molecule has 0 saturated heterocycles. The number of halogens is 1. The minimum atomic E-state index is 0.171. The van der Waals surface area contributed by atoms with Crippen LogP contribution in [0.1, 0.15) is 29.7 Å². The monoisotopic (exact) mass is 344 g/mol. The first-order valence-corrected chi connectivity index (χ1v) is 8.36. The Hall–Kier alpha value is -1.19. The van der Waals surface area contributed by atoms with E-state index in [0.29, 0.717) is 0 Å². The Morgan fingerprint density at radius 3 is 2.86 bits per heavy atom. The normalized spacial score (nSPS) is 21.0. The van der Waals surface area contributed by atoms with Crippen LogP contribution in [-0.4, -0.2) is 18.6 Å². The summed E-state index contributed by atoms with van der Waals surface area (Å²) in [7, 11) is 2.05. The molecule has 0 saturated carbocycles. The number of aryl methyl sites for hydroxylation is 1. The Balaban J connectivity index is 1.99. The van der Waals surface area contributed by atoms with Crippen molar-refractivity contribution in [3.8, 4) is 0 Å². The maximum absolute atomic E-state index is 4.60. The number of hydrogen-bond acceptors (Lipinski definition) is 2. The third kappa shape index (κ3) is 3.04. The van der Waals surface area contributed by atoms with E-state index in [9.17, 15) is 0 Å². The molecule has 0 spiro atoms. The summed E-state index contributed by atoms with van der Waals surface area (Å²) >= 11 is 3.47. The van der Waals surface area contributed by atoms with Crippen molar-refractivity contribution in [2.75, 3.05) is 13.6 Å². The molecule has 3 heteroatoms. The highest BCUT2D eigenvalue weighted by Crippen LogP contribution is 2.39. The maximum atomic E-state index is 4.60. The van der Waals surface area contributed by atoms with Gasteiger partial charge in [0.05, 0.1) is 0 Å². The molecule has 2 aromatic rings. The van der Waals surface area contributed by atoms with Gasteiger partial charge < -0.3 is 5.32 Å². The minimum absolute atomic E-state index is 0.171. The fourth-order valence-electron chi connectivity index (χ4n) is 3.63. The zero-order valence-electron chi connectivity index (χ0n) is 12.4. The maximum Gasteiger partial charge on any atom is 0.0413 e. The topological polar surface area (TPSA) is 24.9 Å². The van der Waals surface area contributed by atoms with Gasteiger partial charge in [0.2, 0.25) is 0 Å². The van der Waals surface area contributed by atoms with Crippen LogP contribution in [-0.2, 0) is 18.3 Å². The van der Waals surface area contributed by atoms with Crippen LogP contribution in [0.5, 0.6) is 0 Å². The van der Waals surface area contributed by atoms with Crippen molar-refractivity contribution >= 4 is 15.9 Å². The number of benzene rings is 1. The zero-order valence-corrected chi connectivity index (χ0v) is 14.0. The Morgan fingerprint density at radius 2 is 2.10 bits per heavy atom. The largest absolute Gasteiger partial charge is 0.319 e. The number of pyridine rings is 1. The summed E-state index contributed by atoms with van der Waals surface area (Å²) in [4.78, 5) is 4.60. The fraction of sp³-hybridized carbons (Fsp3) is 0.389. The second-order valence-electron chi connectivity index (χ2n) is 5.97. The smallest absolute Gasteiger partial charge is 0.0413 e. The molecule has 0 radical (unpaired) electrons. The van der Waals surface area contributed by atoms with Gasteiger partial charge in [-0.15, -0.1) is 0 Å². The lowest BCUT2D eigenvalue weighted by Crippen LogP contribution is -2.42. The summed E-state index contributed by atoms with van der Waals surface area (Å²) in [5.74, 6) is 0. The van der Waals surface area contributed by atoms with E-state index in [2.05, 4.69) is 62.6 Å². The summed E-state index contributed by atoms with van der Waals surface area (Å²) in [6, 6.07) is 13.1. The van der Waals surface area contributed by atoms with E-state index >= 15 is 0 Å². The van der Waals surface area contributed by atoms with E-state index in [1.54, 1.807) is 0 Å². The summed E-state index contributed by atoms with van der Waals surface area (Å²) in [5.41, 5.74) is 4.36. The summed E-state index contributed by atoms with van der Waals surface area (Å²) in [6.45, 7) is 1.00. The van der Waals surface area contributed by atoms with Gasteiger partial charge in [-0.25, -0.2) is 0 Å². The highest BCUT2D eigenvalue weighted by molar-refractivity contribution is 9.10. The summed E-state index contributed by atoms with van der Waals surface area (Å²) in [5, 5.41) is 3.41. The summed E-state index contributed by atoms with van der Waals surface area (Å²) < 4.78 is 1.04. The molecule has 1 N–H and O–H groups in total. The van der Waals surface area contributed by atoms with Crippen molar-refractivity contribution < 1.29 is 0 Å². The average Bonchev–Trinajstić information content (AvgIpc) is 2.51. The number of rotatable bonds is 4. The molecular formula is C18H21BrN2. The quantitative estimate of drug-likeness (QED) is 0.910. The lowest BCUT2D eigenvalue weighted by Gasteiger charge is -2.39. The molecule has 1 unspecified atom stereocenters. The molecule has 3 rings (SSSR count). The SMILES string of the molecule is CNCC1(Cc2ccc(Br)cn2)CCCc2ccccc21. The molecule has 1 aliphatic carbocycles. The first kappa shape index (κ1) is 14.7. The van der Waals surface area contributed by atoms with Crippen molar-refractivity contribution in [2.24, 2.45) is 0 Å². The molecule has 0 amide bonds. The molecule has 0 fully saturated rings. The van der Waals surface area contributed by atoms with Gasteiger partial charge in [-0.1, -0.05) is 24.3 Å². The van der Waals surface area contributed by atoms with Crippen LogP contribution < -0.4 is 5.32 Å². The van der Waals surface area contributed by atoms with E-state index in [1.807, 2.05) is 13.2 Å². The van der Waals surface area contributed by atoms with Crippen molar-refractivity contribution in [3.05, 3.63) is 63.9 Å². The third-order valence-corrected chi connectivity index (χ3v) is 4.98. The van der Waals surface area contributed by atoms with E-state index in [4.69, 9.17) is 0 Å². The van der Waals surface area contributed by atoms with E-state index in [-0.39, 0.29) is 5.41 Å². The molecule has 110 valence electrons. The van der Waals surface area contributed by atoms with Crippen molar-refractivity contribution in [1.82, 2.24) is 10.3 Å². The first-order valence-electron chi connectivity index (χ1n) is 7.57. The van der Waals surface area contributed by atoms with Gasteiger partial charge in [0, 0.05) is 34.7 Å². The molecule has 1 aromatic carbocycles. The Labute approximate surface area is 135 Å². The van der Waals surface area contributed by atoms with Gasteiger partial charge in [-0.3, -0.25) is 4.98 Å². The molecule has 0 bridgehead atoms. The van der Waals surface area contributed by atoms with Gasteiger partial charge in [-0.2, -0.15) is 0 Å². The van der Waals surface area contributed by atoms with Crippen LogP contribution >= 0.6 is 15.9 Å². The predicted molar refractivity (Wildman–Crippen MR) is 90.6 cm³/mol. The molecule has 1 atom stereocenters. The first-order chi connectivity index (χ1) is 10.2. The number of fused-ring (bicyclic) bond motifs is 1. The Bertz CT molecular complexity index is 609. The second kappa shape index (κ2) is 6.29. The molecule has 1 heterocycles.